The molecule has 1 amide bonds. The van der Waals surface area contributed by atoms with Gasteiger partial charge in [0.15, 0.2) is 0 Å². The Balaban J connectivity index is 0.00000132. The van der Waals surface area contributed by atoms with Crippen LogP contribution < -0.4 is 5.73 Å². The summed E-state index contributed by atoms with van der Waals surface area (Å²) in [5.74, 6) is 1.06. The maximum atomic E-state index is 12.7. The molecule has 7 heteroatoms. The number of hydrogen-bond donors (Lipinski definition) is 1. The van der Waals surface area contributed by atoms with Gasteiger partial charge in [0.1, 0.15) is 5.82 Å². The van der Waals surface area contributed by atoms with Gasteiger partial charge in [0, 0.05) is 36.7 Å². The van der Waals surface area contributed by atoms with Gasteiger partial charge in [-0.1, -0.05) is 6.07 Å². The van der Waals surface area contributed by atoms with E-state index in [0.29, 0.717) is 11.3 Å². The number of rotatable bonds is 3. The average molecular weight is 357 g/mol. The monoisotopic (exact) mass is 356 g/mol. The van der Waals surface area contributed by atoms with E-state index >= 15 is 0 Å². The number of nitrogens with two attached hydrogens (primary N) is 1. The SMILES string of the molecule is Cc1nccn1CC1CCCN1C(=O)c1cccc(N)c1.Cl.Cl. The van der Waals surface area contributed by atoms with Crippen molar-refractivity contribution < 1.29 is 4.79 Å². The van der Waals surface area contributed by atoms with Crippen LogP contribution >= 0.6 is 24.8 Å². The zero-order chi connectivity index (χ0) is 14.8. The van der Waals surface area contributed by atoms with Gasteiger partial charge in [-0.25, -0.2) is 4.98 Å². The fourth-order valence-electron chi connectivity index (χ4n) is 2.95. The molecule has 1 fully saturated rings. The number of likely N-dealkylation sites (tertiary alicyclic amines) is 1. The minimum absolute atomic E-state index is 0. The first-order valence-corrected chi connectivity index (χ1v) is 7.29. The maximum Gasteiger partial charge on any atom is 0.254 e. The topological polar surface area (TPSA) is 64.2 Å². The third kappa shape index (κ3) is 4.18. The van der Waals surface area contributed by atoms with Gasteiger partial charge in [-0.15, -0.1) is 24.8 Å². The molecule has 0 radical (unpaired) electrons. The molecule has 1 aliphatic heterocycles. The molecule has 0 spiro atoms. The van der Waals surface area contributed by atoms with E-state index in [2.05, 4.69) is 9.55 Å². The van der Waals surface area contributed by atoms with E-state index in [0.717, 1.165) is 31.8 Å². The number of anilines is 1. The summed E-state index contributed by atoms with van der Waals surface area (Å²) in [6.07, 6.45) is 5.85. The summed E-state index contributed by atoms with van der Waals surface area (Å²) >= 11 is 0. The van der Waals surface area contributed by atoms with Crippen molar-refractivity contribution in [3.8, 4) is 0 Å². The molecule has 1 aliphatic rings. The minimum Gasteiger partial charge on any atom is -0.399 e. The fourth-order valence-corrected chi connectivity index (χ4v) is 2.95. The highest BCUT2D eigenvalue weighted by molar-refractivity contribution is 5.95. The van der Waals surface area contributed by atoms with Crippen LogP contribution in [0.3, 0.4) is 0 Å². The number of carbonyl (C=O) groups is 1. The highest BCUT2D eigenvalue weighted by Gasteiger charge is 2.29. The Labute approximate surface area is 148 Å². The number of halogens is 2. The summed E-state index contributed by atoms with van der Waals surface area (Å²) in [6, 6.07) is 7.43. The van der Waals surface area contributed by atoms with Crippen molar-refractivity contribution in [2.24, 2.45) is 0 Å². The van der Waals surface area contributed by atoms with Gasteiger partial charge >= 0.3 is 0 Å². The van der Waals surface area contributed by atoms with Crippen molar-refractivity contribution in [1.29, 1.82) is 0 Å². The molecule has 3 rings (SSSR count). The number of nitrogens with zero attached hydrogens (tertiary/aromatic N) is 3. The molecule has 1 unspecified atom stereocenters. The van der Waals surface area contributed by atoms with Crippen molar-refractivity contribution in [1.82, 2.24) is 14.5 Å². The van der Waals surface area contributed by atoms with Crippen LogP contribution in [0.15, 0.2) is 36.7 Å². The number of hydrogen-bond acceptors (Lipinski definition) is 3. The Hall–Kier alpha value is -1.72. The largest absolute Gasteiger partial charge is 0.399 e. The normalized spacial score (nSPS) is 16.6. The van der Waals surface area contributed by atoms with Crippen LogP contribution in [-0.4, -0.2) is 32.9 Å². The van der Waals surface area contributed by atoms with E-state index in [4.69, 9.17) is 5.73 Å². The van der Waals surface area contributed by atoms with E-state index in [1.54, 1.807) is 18.3 Å². The van der Waals surface area contributed by atoms with Crippen LogP contribution in [0.1, 0.15) is 29.0 Å². The molecule has 1 saturated heterocycles. The molecule has 0 bridgehead atoms. The Morgan fingerprint density at radius 3 is 2.83 bits per heavy atom. The van der Waals surface area contributed by atoms with Gasteiger partial charge in [-0.05, 0) is 38.0 Å². The number of nitrogen functional groups attached to an aromatic ring is 1. The molecule has 0 saturated carbocycles. The predicted octanol–water partition coefficient (Wildman–Crippen LogP) is 2.92. The van der Waals surface area contributed by atoms with Crippen LogP contribution in [0.25, 0.3) is 0 Å². The second-order valence-corrected chi connectivity index (χ2v) is 5.55. The van der Waals surface area contributed by atoms with Gasteiger partial charge in [0.05, 0.1) is 6.04 Å². The fraction of sp³-hybridized carbons (Fsp3) is 0.375. The van der Waals surface area contributed by atoms with Gasteiger partial charge in [-0.3, -0.25) is 4.79 Å². The quantitative estimate of drug-likeness (QED) is 0.859. The second-order valence-electron chi connectivity index (χ2n) is 5.55. The van der Waals surface area contributed by atoms with Crippen molar-refractivity contribution in [2.75, 3.05) is 12.3 Å². The molecule has 2 aromatic rings. The lowest BCUT2D eigenvalue weighted by Gasteiger charge is -2.25. The molecular weight excluding hydrogens is 335 g/mol. The summed E-state index contributed by atoms with van der Waals surface area (Å²) in [4.78, 5) is 18.9. The molecule has 5 nitrogen and oxygen atoms in total. The Kier molecular flexibility index (Phi) is 6.91. The maximum absolute atomic E-state index is 12.7. The van der Waals surface area contributed by atoms with Crippen LogP contribution in [0.5, 0.6) is 0 Å². The van der Waals surface area contributed by atoms with E-state index in [9.17, 15) is 4.79 Å². The van der Waals surface area contributed by atoms with Gasteiger partial charge < -0.3 is 15.2 Å². The average Bonchev–Trinajstić information content (AvgIpc) is 3.08. The number of imidazole rings is 1. The molecule has 1 atom stereocenters. The summed E-state index contributed by atoms with van der Waals surface area (Å²) in [6.45, 7) is 3.60. The number of aromatic nitrogens is 2. The van der Waals surface area contributed by atoms with Gasteiger partial charge in [0.2, 0.25) is 0 Å². The lowest BCUT2D eigenvalue weighted by Crippen LogP contribution is -2.38. The Bertz CT molecular complexity index is 659. The van der Waals surface area contributed by atoms with Crippen LogP contribution in [-0.2, 0) is 6.54 Å². The van der Waals surface area contributed by atoms with Crippen molar-refractivity contribution in [3.05, 3.63) is 48.0 Å². The van der Waals surface area contributed by atoms with Crippen LogP contribution in [0, 0.1) is 6.92 Å². The lowest BCUT2D eigenvalue weighted by atomic mass is 10.1. The molecule has 23 heavy (non-hydrogen) atoms. The zero-order valence-electron chi connectivity index (χ0n) is 13.0. The first-order chi connectivity index (χ1) is 10.1. The third-order valence-corrected chi connectivity index (χ3v) is 4.10. The van der Waals surface area contributed by atoms with E-state index in [-0.39, 0.29) is 36.8 Å². The summed E-state index contributed by atoms with van der Waals surface area (Å²) in [7, 11) is 0. The van der Waals surface area contributed by atoms with E-state index < -0.39 is 0 Å². The molecule has 0 aliphatic carbocycles. The van der Waals surface area contributed by atoms with Crippen LogP contribution in [0.4, 0.5) is 5.69 Å². The van der Waals surface area contributed by atoms with Gasteiger partial charge in [0.25, 0.3) is 5.91 Å². The predicted molar refractivity (Wildman–Crippen MR) is 96.4 cm³/mol. The highest BCUT2D eigenvalue weighted by Crippen LogP contribution is 2.22. The lowest BCUT2D eigenvalue weighted by molar-refractivity contribution is 0.0724. The van der Waals surface area contributed by atoms with E-state index in [1.165, 1.54) is 0 Å². The number of benzene rings is 1. The Morgan fingerprint density at radius 1 is 1.39 bits per heavy atom. The number of amides is 1. The second kappa shape index (κ2) is 8.22. The molecule has 2 N–H and O–H groups in total. The molecular formula is C16H22Cl2N4O. The smallest absolute Gasteiger partial charge is 0.254 e. The zero-order valence-corrected chi connectivity index (χ0v) is 14.6. The molecule has 2 heterocycles. The minimum atomic E-state index is 0. The summed E-state index contributed by atoms with van der Waals surface area (Å²) < 4.78 is 2.11. The summed E-state index contributed by atoms with van der Waals surface area (Å²) in [5, 5.41) is 0. The van der Waals surface area contributed by atoms with Crippen molar-refractivity contribution in [2.45, 2.75) is 32.4 Å². The van der Waals surface area contributed by atoms with Crippen molar-refractivity contribution >= 4 is 36.4 Å². The molecule has 1 aromatic heterocycles. The first kappa shape index (κ1) is 19.3. The summed E-state index contributed by atoms with van der Waals surface area (Å²) in [5.41, 5.74) is 7.07. The molecule has 126 valence electrons. The molecule has 1 aromatic carbocycles. The Morgan fingerprint density at radius 2 is 2.17 bits per heavy atom. The van der Waals surface area contributed by atoms with E-state index in [1.807, 2.05) is 30.2 Å². The highest BCUT2D eigenvalue weighted by atomic mass is 35.5. The van der Waals surface area contributed by atoms with Crippen molar-refractivity contribution in [3.63, 3.8) is 0 Å². The first-order valence-electron chi connectivity index (χ1n) is 7.29. The number of aryl methyl sites for hydroxylation is 1. The van der Waals surface area contributed by atoms with Crippen LogP contribution in [0.2, 0.25) is 0 Å². The van der Waals surface area contributed by atoms with Gasteiger partial charge in [-0.2, -0.15) is 0 Å². The number of carbonyl (C=O) groups excluding carboxylic acids is 1. The standard InChI is InChI=1S/C16H20N4O.2ClH/c1-12-18-7-9-19(12)11-15-6-3-8-20(15)16(21)13-4-2-5-14(17)10-13;;/h2,4-5,7,9-10,15H,3,6,8,11,17H2,1H3;2*1H. The third-order valence-electron chi connectivity index (χ3n) is 4.10.